The van der Waals surface area contributed by atoms with E-state index in [2.05, 4.69) is 4.98 Å². The van der Waals surface area contributed by atoms with Crippen molar-refractivity contribution in [1.29, 1.82) is 0 Å². The largest absolute Gasteiger partial charge is 0.475 e. The summed E-state index contributed by atoms with van der Waals surface area (Å²) in [6, 6.07) is 0. The predicted molar refractivity (Wildman–Crippen MR) is 63.1 cm³/mol. The molecule has 0 saturated heterocycles. The standard InChI is InChI=1S/C13H19NO3/c1-2-10-12(13(15)16)17-11(14-10)8-9-6-4-3-5-7-9/h9H,2-8H2,1H3,(H,15,16). The van der Waals surface area contributed by atoms with Gasteiger partial charge < -0.3 is 9.52 Å². The third kappa shape index (κ3) is 2.87. The maximum atomic E-state index is 11.0. The van der Waals surface area contributed by atoms with Gasteiger partial charge >= 0.3 is 5.97 Å². The molecule has 1 aliphatic rings. The molecule has 1 aromatic rings. The normalized spacial score (nSPS) is 17.2. The molecule has 0 atom stereocenters. The first-order chi connectivity index (χ1) is 8.20. The van der Waals surface area contributed by atoms with E-state index < -0.39 is 5.97 Å². The van der Waals surface area contributed by atoms with Gasteiger partial charge in [-0.15, -0.1) is 0 Å². The lowest BCUT2D eigenvalue weighted by Crippen LogP contribution is -2.09. The minimum atomic E-state index is -1.01. The summed E-state index contributed by atoms with van der Waals surface area (Å²) in [5.74, 6) is 0.238. The van der Waals surface area contributed by atoms with Gasteiger partial charge in [-0.2, -0.15) is 0 Å². The van der Waals surface area contributed by atoms with Crippen LogP contribution >= 0.6 is 0 Å². The van der Waals surface area contributed by atoms with Crippen molar-refractivity contribution in [2.24, 2.45) is 5.92 Å². The number of aromatic nitrogens is 1. The zero-order valence-electron chi connectivity index (χ0n) is 10.2. The number of hydrogen-bond acceptors (Lipinski definition) is 3. The number of aryl methyl sites for hydroxylation is 1. The Kier molecular flexibility index (Phi) is 3.82. The van der Waals surface area contributed by atoms with Gasteiger partial charge in [0, 0.05) is 6.42 Å². The zero-order chi connectivity index (χ0) is 12.3. The Morgan fingerprint density at radius 3 is 2.65 bits per heavy atom. The summed E-state index contributed by atoms with van der Waals surface area (Å²) >= 11 is 0. The zero-order valence-corrected chi connectivity index (χ0v) is 10.2. The van der Waals surface area contributed by atoms with Gasteiger partial charge in [0.15, 0.2) is 5.89 Å². The van der Waals surface area contributed by atoms with Crippen LogP contribution in [0.4, 0.5) is 0 Å². The lowest BCUT2D eigenvalue weighted by Gasteiger charge is -2.19. The van der Waals surface area contributed by atoms with Crippen LogP contribution in [0.15, 0.2) is 4.42 Å². The lowest BCUT2D eigenvalue weighted by molar-refractivity contribution is 0.0658. The molecule has 1 fully saturated rings. The number of carbonyl (C=O) groups is 1. The molecule has 1 aromatic heterocycles. The van der Waals surface area contributed by atoms with Crippen molar-refractivity contribution in [2.75, 3.05) is 0 Å². The van der Waals surface area contributed by atoms with Gasteiger partial charge in [-0.05, 0) is 25.2 Å². The third-order valence-corrected chi connectivity index (χ3v) is 3.46. The third-order valence-electron chi connectivity index (χ3n) is 3.46. The molecule has 4 nitrogen and oxygen atoms in total. The number of hydrogen-bond donors (Lipinski definition) is 1. The molecular weight excluding hydrogens is 218 g/mol. The Labute approximate surface area is 101 Å². The highest BCUT2D eigenvalue weighted by atomic mass is 16.4. The second kappa shape index (κ2) is 5.34. The van der Waals surface area contributed by atoms with Gasteiger partial charge in [-0.3, -0.25) is 0 Å². The molecule has 0 bridgehead atoms. The SMILES string of the molecule is CCc1nc(CC2CCCCC2)oc1C(=O)O. The monoisotopic (exact) mass is 237 g/mol. The second-order valence-electron chi connectivity index (χ2n) is 4.75. The molecule has 0 unspecified atom stereocenters. The average molecular weight is 237 g/mol. The summed E-state index contributed by atoms with van der Waals surface area (Å²) in [7, 11) is 0. The molecule has 1 saturated carbocycles. The Bertz CT molecular complexity index is 391. The first-order valence-electron chi connectivity index (χ1n) is 6.42. The lowest BCUT2D eigenvalue weighted by atomic mass is 9.87. The molecular formula is C13H19NO3. The highest BCUT2D eigenvalue weighted by molar-refractivity contribution is 5.85. The van der Waals surface area contributed by atoms with Gasteiger partial charge in [0.05, 0.1) is 5.69 Å². The predicted octanol–water partition coefficient (Wildman–Crippen LogP) is 3.06. The van der Waals surface area contributed by atoms with E-state index in [0.29, 0.717) is 23.9 Å². The van der Waals surface area contributed by atoms with Crippen molar-refractivity contribution in [1.82, 2.24) is 4.98 Å². The van der Waals surface area contributed by atoms with Crippen molar-refractivity contribution in [3.63, 3.8) is 0 Å². The summed E-state index contributed by atoms with van der Waals surface area (Å²) in [5, 5.41) is 8.98. The van der Waals surface area contributed by atoms with E-state index in [-0.39, 0.29) is 5.76 Å². The number of aromatic carboxylic acids is 1. The number of carboxylic acid groups (broad SMARTS) is 1. The highest BCUT2D eigenvalue weighted by Gasteiger charge is 2.21. The van der Waals surface area contributed by atoms with Gasteiger partial charge in [0.25, 0.3) is 0 Å². The van der Waals surface area contributed by atoms with Crippen molar-refractivity contribution in [3.8, 4) is 0 Å². The minimum Gasteiger partial charge on any atom is -0.475 e. The van der Waals surface area contributed by atoms with Crippen LogP contribution in [0.1, 0.15) is 61.2 Å². The molecule has 0 radical (unpaired) electrons. The summed E-state index contributed by atoms with van der Waals surface area (Å²) in [6.45, 7) is 1.90. The number of oxazole rings is 1. The van der Waals surface area contributed by atoms with E-state index in [0.717, 1.165) is 6.42 Å². The molecule has 0 aliphatic heterocycles. The van der Waals surface area contributed by atoms with Crippen LogP contribution in [0.25, 0.3) is 0 Å². The maximum absolute atomic E-state index is 11.0. The molecule has 1 N–H and O–H groups in total. The molecule has 17 heavy (non-hydrogen) atoms. The molecule has 0 amide bonds. The van der Waals surface area contributed by atoms with Crippen molar-refractivity contribution in [3.05, 3.63) is 17.3 Å². The van der Waals surface area contributed by atoms with Crippen LogP contribution in [0.2, 0.25) is 0 Å². The number of carboxylic acids is 1. The van der Waals surface area contributed by atoms with E-state index in [1.54, 1.807) is 0 Å². The molecule has 94 valence electrons. The summed E-state index contributed by atoms with van der Waals surface area (Å²) in [4.78, 5) is 15.2. The fourth-order valence-electron chi connectivity index (χ4n) is 2.53. The quantitative estimate of drug-likeness (QED) is 0.874. The van der Waals surface area contributed by atoms with E-state index >= 15 is 0 Å². The van der Waals surface area contributed by atoms with E-state index in [1.807, 2.05) is 6.92 Å². The molecule has 1 aliphatic carbocycles. The van der Waals surface area contributed by atoms with Crippen LogP contribution in [0, 0.1) is 5.92 Å². The Morgan fingerprint density at radius 2 is 2.12 bits per heavy atom. The first-order valence-corrected chi connectivity index (χ1v) is 6.42. The smallest absolute Gasteiger partial charge is 0.373 e. The minimum absolute atomic E-state index is 0.0262. The van der Waals surface area contributed by atoms with Crippen LogP contribution in [-0.2, 0) is 12.8 Å². The van der Waals surface area contributed by atoms with Gasteiger partial charge in [-0.25, -0.2) is 9.78 Å². The fourth-order valence-corrected chi connectivity index (χ4v) is 2.53. The Hall–Kier alpha value is -1.32. The molecule has 2 rings (SSSR count). The molecule has 0 spiro atoms. The number of nitrogens with zero attached hydrogens (tertiary/aromatic N) is 1. The van der Waals surface area contributed by atoms with Gasteiger partial charge in [-0.1, -0.05) is 26.2 Å². The van der Waals surface area contributed by atoms with Crippen LogP contribution in [0.3, 0.4) is 0 Å². The van der Waals surface area contributed by atoms with E-state index in [4.69, 9.17) is 9.52 Å². The van der Waals surface area contributed by atoms with Crippen molar-refractivity contribution < 1.29 is 14.3 Å². The summed E-state index contributed by atoms with van der Waals surface area (Å²) < 4.78 is 5.36. The number of rotatable bonds is 4. The van der Waals surface area contributed by atoms with Crippen LogP contribution in [-0.4, -0.2) is 16.1 Å². The average Bonchev–Trinajstić information content (AvgIpc) is 2.73. The second-order valence-corrected chi connectivity index (χ2v) is 4.75. The van der Waals surface area contributed by atoms with Crippen molar-refractivity contribution in [2.45, 2.75) is 51.9 Å². The van der Waals surface area contributed by atoms with Gasteiger partial charge in [0.1, 0.15) is 0 Å². The Balaban J connectivity index is 2.07. The van der Waals surface area contributed by atoms with Gasteiger partial charge in [0.2, 0.25) is 5.76 Å². The Morgan fingerprint density at radius 1 is 1.41 bits per heavy atom. The van der Waals surface area contributed by atoms with E-state index in [9.17, 15) is 4.79 Å². The van der Waals surface area contributed by atoms with E-state index in [1.165, 1.54) is 32.1 Å². The molecule has 0 aromatic carbocycles. The van der Waals surface area contributed by atoms with Crippen LogP contribution < -0.4 is 0 Å². The maximum Gasteiger partial charge on any atom is 0.373 e. The van der Waals surface area contributed by atoms with Crippen LogP contribution in [0.5, 0.6) is 0 Å². The summed E-state index contributed by atoms with van der Waals surface area (Å²) in [5.41, 5.74) is 0.573. The highest BCUT2D eigenvalue weighted by Crippen LogP contribution is 2.27. The molecule has 4 heteroatoms. The fraction of sp³-hybridized carbons (Fsp3) is 0.692. The molecule has 1 heterocycles. The summed E-state index contributed by atoms with van der Waals surface area (Å²) in [6.07, 6.45) is 7.70. The van der Waals surface area contributed by atoms with Crippen molar-refractivity contribution >= 4 is 5.97 Å². The first kappa shape index (κ1) is 12.1. The topological polar surface area (TPSA) is 63.3 Å².